The van der Waals surface area contributed by atoms with Crippen molar-refractivity contribution in [1.82, 2.24) is 5.32 Å². The molecule has 0 aliphatic rings. The molecule has 0 aliphatic carbocycles. The second-order valence-electron chi connectivity index (χ2n) is 4.97. The van der Waals surface area contributed by atoms with Gasteiger partial charge in [0.05, 0.1) is 5.92 Å². The van der Waals surface area contributed by atoms with E-state index in [-0.39, 0.29) is 24.2 Å². The minimum Gasteiger partial charge on any atom is -0.351 e. The minimum absolute atomic E-state index is 0.121. The van der Waals surface area contributed by atoms with E-state index >= 15 is 0 Å². The van der Waals surface area contributed by atoms with Crippen LogP contribution >= 0.6 is 27.5 Å². The molecule has 1 N–H and O–H groups in total. The van der Waals surface area contributed by atoms with Crippen molar-refractivity contribution in [2.75, 3.05) is 0 Å². The van der Waals surface area contributed by atoms with Crippen molar-refractivity contribution in [2.45, 2.75) is 25.8 Å². The molecule has 1 amide bonds. The van der Waals surface area contributed by atoms with Crippen molar-refractivity contribution in [3.05, 3.63) is 68.9 Å². The molecule has 22 heavy (non-hydrogen) atoms. The highest BCUT2D eigenvalue weighted by Crippen LogP contribution is 2.22. The first-order valence-electron chi connectivity index (χ1n) is 6.98. The summed E-state index contributed by atoms with van der Waals surface area (Å²) in [5.41, 5.74) is 1.32. The van der Waals surface area contributed by atoms with Crippen LogP contribution in [-0.4, -0.2) is 5.91 Å². The van der Waals surface area contributed by atoms with Gasteiger partial charge in [0.1, 0.15) is 5.82 Å². The molecule has 0 radical (unpaired) electrons. The average Bonchev–Trinajstić information content (AvgIpc) is 2.51. The van der Waals surface area contributed by atoms with Crippen molar-refractivity contribution in [2.24, 2.45) is 0 Å². The summed E-state index contributed by atoms with van der Waals surface area (Å²) >= 11 is 9.22. The van der Waals surface area contributed by atoms with Crippen LogP contribution in [0.15, 0.2) is 46.9 Å². The largest absolute Gasteiger partial charge is 0.351 e. The van der Waals surface area contributed by atoms with E-state index in [2.05, 4.69) is 21.2 Å². The van der Waals surface area contributed by atoms with E-state index < -0.39 is 0 Å². The van der Waals surface area contributed by atoms with Gasteiger partial charge in [-0.2, -0.15) is 0 Å². The zero-order valence-electron chi connectivity index (χ0n) is 12.1. The molecule has 2 aromatic rings. The Hall–Kier alpha value is -1.39. The minimum atomic E-state index is -0.374. The highest BCUT2D eigenvalue weighted by atomic mass is 79.9. The Morgan fingerprint density at radius 2 is 1.95 bits per heavy atom. The predicted molar refractivity (Wildman–Crippen MR) is 90.4 cm³/mol. The molecular formula is C17H16BrClFNO. The molecule has 2 nitrogen and oxygen atoms in total. The fourth-order valence-corrected chi connectivity index (χ4v) is 2.71. The van der Waals surface area contributed by atoms with E-state index in [0.717, 1.165) is 10.0 Å². The highest BCUT2D eigenvalue weighted by molar-refractivity contribution is 9.10. The Morgan fingerprint density at radius 1 is 1.27 bits per heavy atom. The number of carbonyl (C=O) groups is 1. The van der Waals surface area contributed by atoms with Gasteiger partial charge in [-0.1, -0.05) is 46.6 Å². The molecule has 0 fully saturated rings. The molecule has 0 spiro atoms. The molecule has 2 aromatic carbocycles. The first-order chi connectivity index (χ1) is 10.5. The van der Waals surface area contributed by atoms with Gasteiger partial charge in [-0.15, -0.1) is 0 Å². The fourth-order valence-electron chi connectivity index (χ4n) is 2.25. The van der Waals surface area contributed by atoms with Crippen LogP contribution in [0.25, 0.3) is 0 Å². The molecule has 0 unspecified atom stereocenters. The van der Waals surface area contributed by atoms with Gasteiger partial charge in [-0.3, -0.25) is 4.79 Å². The summed E-state index contributed by atoms with van der Waals surface area (Å²) in [4.78, 5) is 12.4. The van der Waals surface area contributed by atoms with Gasteiger partial charge in [-0.05, 0) is 42.3 Å². The number of amides is 1. The SMILES string of the molecule is CC[C@@H](C(=O)NCc1cc(Cl)ccc1F)c1ccc(Br)cc1. The molecule has 0 aromatic heterocycles. The zero-order chi connectivity index (χ0) is 16.1. The lowest BCUT2D eigenvalue weighted by Crippen LogP contribution is -2.29. The molecule has 116 valence electrons. The van der Waals surface area contributed by atoms with E-state index in [9.17, 15) is 9.18 Å². The second-order valence-corrected chi connectivity index (χ2v) is 6.32. The first kappa shape index (κ1) is 17.0. The van der Waals surface area contributed by atoms with Crippen molar-refractivity contribution in [1.29, 1.82) is 0 Å². The number of hydrogen-bond donors (Lipinski definition) is 1. The van der Waals surface area contributed by atoms with Crippen molar-refractivity contribution < 1.29 is 9.18 Å². The molecule has 0 aliphatic heterocycles. The van der Waals surface area contributed by atoms with Crippen molar-refractivity contribution in [3.8, 4) is 0 Å². The topological polar surface area (TPSA) is 29.1 Å². The van der Waals surface area contributed by atoms with Crippen LogP contribution in [-0.2, 0) is 11.3 Å². The van der Waals surface area contributed by atoms with Gasteiger partial charge in [0, 0.05) is 21.6 Å². The van der Waals surface area contributed by atoms with Crippen molar-refractivity contribution in [3.63, 3.8) is 0 Å². The summed E-state index contributed by atoms with van der Waals surface area (Å²) in [5, 5.41) is 3.23. The number of halogens is 3. The lowest BCUT2D eigenvalue weighted by Gasteiger charge is -2.16. The number of nitrogens with one attached hydrogen (secondary N) is 1. The maximum atomic E-state index is 13.7. The average molecular weight is 385 g/mol. The third kappa shape index (κ3) is 4.31. The van der Waals surface area contributed by atoms with Gasteiger partial charge in [0.2, 0.25) is 5.91 Å². The molecule has 0 saturated carbocycles. The Morgan fingerprint density at radius 3 is 2.59 bits per heavy atom. The van der Waals surface area contributed by atoms with Gasteiger partial charge < -0.3 is 5.32 Å². The molecule has 0 bridgehead atoms. The van der Waals surface area contributed by atoms with Gasteiger partial charge >= 0.3 is 0 Å². The maximum Gasteiger partial charge on any atom is 0.227 e. The first-order valence-corrected chi connectivity index (χ1v) is 8.15. The monoisotopic (exact) mass is 383 g/mol. The maximum absolute atomic E-state index is 13.7. The van der Waals surface area contributed by atoms with E-state index in [4.69, 9.17) is 11.6 Å². The van der Waals surface area contributed by atoms with Crippen LogP contribution in [0, 0.1) is 5.82 Å². The third-order valence-corrected chi connectivity index (χ3v) is 4.22. The summed E-state index contributed by atoms with van der Waals surface area (Å²) < 4.78 is 14.6. The number of rotatable bonds is 5. The van der Waals surface area contributed by atoms with E-state index in [1.54, 1.807) is 0 Å². The van der Waals surface area contributed by atoms with Gasteiger partial charge in [0.25, 0.3) is 0 Å². The summed E-state index contributed by atoms with van der Waals surface area (Å²) in [6.07, 6.45) is 0.672. The lowest BCUT2D eigenvalue weighted by atomic mass is 9.95. The van der Waals surface area contributed by atoms with Crippen molar-refractivity contribution >= 4 is 33.4 Å². The third-order valence-electron chi connectivity index (χ3n) is 3.46. The fraction of sp³-hybridized carbons (Fsp3) is 0.235. The quantitative estimate of drug-likeness (QED) is 0.768. The standard InChI is InChI=1S/C17H16BrClFNO/c1-2-15(11-3-5-13(18)6-4-11)17(22)21-10-12-9-14(19)7-8-16(12)20/h3-9,15H,2,10H2,1H3,(H,21,22)/t15-/m1/s1. The normalized spacial score (nSPS) is 12.0. The smallest absolute Gasteiger partial charge is 0.227 e. The van der Waals surface area contributed by atoms with Crippen LogP contribution in [0.1, 0.15) is 30.4 Å². The molecule has 0 saturated heterocycles. The summed E-state index contributed by atoms with van der Waals surface area (Å²) in [5.74, 6) is -0.749. The number of hydrogen-bond acceptors (Lipinski definition) is 1. The van der Waals surface area contributed by atoms with E-state index in [1.807, 2.05) is 31.2 Å². The van der Waals surface area contributed by atoms with Crippen LogP contribution in [0.2, 0.25) is 5.02 Å². The second kappa shape index (κ2) is 7.75. The Labute approximate surface area is 142 Å². The Bertz CT molecular complexity index is 660. The Kier molecular flexibility index (Phi) is 5.98. The van der Waals surface area contributed by atoms with Crippen LogP contribution in [0.5, 0.6) is 0 Å². The van der Waals surface area contributed by atoms with E-state index in [1.165, 1.54) is 18.2 Å². The molecule has 5 heteroatoms. The molecule has 1 atom stereocenters. The molecule has 0 heterocycles. The Balaban J connectivity index is 2.06. The lowest BCUT2D eigenvalue weighted by molar-refractivity contribution is -0.122. The number of carbonyl (C=O) groups excluding carboxylic acids is 1. The van der Waals surface area contributed by atoms with Crippen LogP contribution < -0.4 is 5.32 Å². The zero-order valence-corrected chi connectivity index (χ0v) is 14.4. The summed E-state index contributed by atoms with van der Waals surface area (Å²) in [7, 11) is 0. The highest BCUT2D eigenvalue weighted by Gasteiger charge is 2.18. The van der Waals surface area contributed by atoms with E-state index in [0.29, 0.717) is 17.0 Å². The predicted octanol–water partition coefficient (Wildman–Crippen LogP) is 5.05. The number of benzene rings is 2. The summed E-state index contributed by atoms with van der Waals surface area (Å²) in [6.45, 7) is 2.07. The molecule has 2 rings (SSSR count). The van der Waals surface area contributed by atoms with Crippen LogP contribution in [0.3, 0.4) is 0 Å². The van der Waals surface area contributed by atoms with Gasteiger partial charge in [0.15, 0.2) is 0 Å². The summed E-state index contributed by atoms with van der Waals surface area (Å²) in [6, 6.07) is 12.0. The van der Waals surface area contributed by atoms with Gasteiger partial charge in [-0.25, -0.2) is 4.39 Å². The molecular weight excluding hydrogens is 369 g/mol. The van der Waals surface area contributed by atoms with Crippen LogP contribution in [0.4, 0.5) is 4.39 Å².